The molecule has 2 aromatic carbocycles. The van der Waals surface area contributed by atoms with Gasteiger partial charge in [0.25, 0.3) is 0 Å². The van der Waals surface area contributed by atoms with E-state index in [0.29, 0.717) is 11.8 Å². The SMILES string of the molecule is CC(C)c1ccc2ccccc2c1C(C)C.c1cc[nH]c1. The van der Waals surface area contributed by atoms with Gasteiger partial charge in [0.2, 0.25) is 0 Å². The van der Waals surface area contributed by atoms with Crippen molar-refractivity contribution in [1.29, 1.82) is 0 Å². The lowest BCUT2D eigenvalue weighted by Gasteiger charge is -2.18. The first kappa shape index (κ1) is 15.4. The van der Waals surface area contributed by atoms with Gasteiger partial charge in [-0.3, -0.25) is 0 Å². The van der Waals surface area contributed by atoms with Crippen LogP contribution in [0.5, 0.6) is 0 Å². The van der Waals surface area contributed by atoms with Gasteiger partial charge in [-0.1, -0.05) is 64.1 Å². The first-order valence-corrected chi connectivity index (χ1v) is 7.70. The van der Waals surface area contributed by atoms with Crippen LogP contribution in [0.3, 0.4) is 0 Å². The molecule has 0 atom stereocenters. The molecular weight excluding hydrogens is 254 g/mol. The molecule has 1 heteroatoms. The maximum absolute atomic E-state index is 2.86. The Bertz CT molecular complexity index is 646. The fourth-order valence-corrected chi connectivity index (χ4v) is 2.74. The number of benzene rings is 2. The lowest BCUT2D eigenvalue weighted by Crippen LogP contribution is -1.99. The molecule has 0 saturated heterocycles. The van der Waals surface area contributed by atoms with Gasteiger partial charge in [0.05, 0.1) is 0 Å². The van der Waals surface area contributed by atoms with Crippen molar-refractivity contribution in [3.8, 4) is 0 Å². The summed E-state index contributed by atoms with van der Waals surface area (Å²) in [6.45, 7) is 9.12. The first-order valence-electron chi connectivity index (χ1n) is 7.70. The van der Waals surface area contributed by atoms with E-state index >= 15 is 0 Å². The van der Waals surface area contributed by atoms with Crippen molar-refractivity contribution in [1.82, 2.24) is 4.98 Å². The molecule has 0 fully saturated rings. The van der Waals surface area contributed by atoms with Crippen molar-refractivity contribution in [2.45, 2.75) is 39.5 Å². The summed E-state index contributed by atoms with van der Waals surface area (Å²) in [5.74, 6) is 1.19. The molecule has 1 aromatic heterocycles. The minimum atomic E-state index is 0.587. The van der Waals surface area contributed by atoms with Gasteiger partial charge in [0.1, 0.15) is 0 Å². The average molecular weight is 279 g/mol. The molecule has 0 aliphatic carbocycles. The van der Waals surface area contributed by atoms with Crippen LogP contribution >= 0.6 is 0 Å². The number of H-pyrrole nitrogens is 1. The fraction of sp³-hybridized carbons (Fsp3) is 0.300. The Kier molecular flexibility index (Phi) is 5.21. The van der Waals surface area contributed by atoms with Crippen LogP contribution in [0.15, 0.2) is 60.9 Å². The average Bonchev–Trinajstić information content (AvgIpc) is 3.05. The monoisotopic (exact) mass is 279 g/mol. The zero-order valence-corrected chi connectivity index (χ0v) is 13.4. The van der Waals surface area contributed by atoms with Crippen molar-refractivity contribution >= 4 is 10.8 Å². The number of hydrogen-bond acceptors (Lipinski definition) is 0. The third kappa shape index (κ3) is 3.75. The number of nitrogens with one attached hydrogen (secondary N) is 1. The quantitative estimate of drug-likeness (QED) is 0.583. The second kappa shape index (κ2) is 7.12. The zero-order valence-electron chi connectivity index (χ0n) is 13.4. The van der Waals surface area contributed by atoms with Gasteiger partial charge in [-0.15, -0.1) is 0 Å². The van der Waals surface area contributed by atoms with Crippen LogP contribution in [-0.4, -0.2) is 4.98 Å². The Morgan fingerprint density at radius 3 is 1.90 bits per heavy atom. The van der Waals surface area contributed by atoms with Gasteiger partial charge in [-0.05, 0) is 45.9 Å². The molecule has 1 N–H and O–H groups in total. The van der Waals surface area contributed by atoms with E-state index in [9.17, 15) is 0 Å². The molecule has 0 spiro atoms. The smallest absolute Gasteiger partial charge is 0.000496 e. The maximum Gasteiger partial charge on any atom is 0.000496 e. The molecule has 0 unspecified atom stereocenters. The number of hydrogen-bond donors (Lipinski definition) is 1. The maximum atomic E-state index is 2.86. The second-order valence-electron chi connectivity index (χ2n) is 5.98. The van der Waals surface area contributed by atoms with E-state index in [0.717, 1.165) is 0 Å². The summed E-state index contributed by atoms with van der Waals surface area (Å²) in [5, 5.41) is 2.78. The predicted octanol–water partition coefficient (Wildman–Crippen LogP) is 6.10. The van der Waals surface area contributed by atoms with Crippen molar-refractivity contribution in [2.24, 2.45) is 0 Å². The van der Waals surface area contributed by atoms with Crippen LogP contribution < -0.4 is 0 Å². The van der Waals surface area contributed by atoms with E-state index in [1.54, 1.807) is 0 Å². The van der Waals surface area contributed by atoms with Crippen LogP contribution in [0, 0.1) is 0 Å². The molecule has 1 nitrogen and oxygen atoms in total. The second-order valence-corrected chi connectivity index (χ2v) is 5.98. The van der Waals surface area contributed by atoms with E-state index in [2.05, 4.69) is 69.1 Å². The summed E-state index contributed by atoms with van der Waals surface area (Å²) in [5.41, 5.74) is 3.02. The summed E-state index contributed by atoms with van der Waals surface area (Å²) in [7, 11) is 0. The van der Waals surface area contributed by atoms with E-state index in [-0.39, 0.29) is 0 Å². The zero-order chi connectivity index (χ0) is 15.2. The van der Waals surface area contributed by atoms with Crippen LogP contribution in [0.2, 0.25) is 0 Å². The van der Waals surface area contributed by atoms with Gasteiger partial charge in [0, 0.05) is 12.4 Å². The summed E-state index contributed by atoms with van der Waals surface area (Å²) in [6.07, 6.45) is 3.75. The Labute approximate surface area is 128 Å². The highest BCUT2D eigenvalue weighted by Crippen LogP contribution is 2.32. The van der Waals surface area contributed by atoms with E-state index < -0.39 is 0 Å². The minimum absolute atomic E-state index is 0.587. The van der Waals surface area contributed by atoms with E-state index in [4.69, 9.17) is 0 Å². The van der Waals surface area contributed by atoms with Crippen LogP contribution in [0.1, 0.15) is 50.7 Å². The Balaban J connectivity index is 0.000000272. The summed E-state index contributed by atoms with van der Waals surface area (Å²) in [6, 6.07) is 17.1. The van der Waals surface area contributed by atoms with Crippen LogP contribution in [0.25, 0.3) is 10.8 Å². The summed E-state index contributed by atoms with van der Waals surface area (Å²) in [4.78, 5) is 2.86. The normalized spacial score (nSPS) is 10.8. The lowest BCUT2D eigenvalue weighted by atomic mass is 9.86. The van der Waals surface area contributed by atoms with Crippen LogP contribution in [-0.2, 0) is 0 Å². The fourth-order valence-electron chi connectivity index (χ4n) is 2.74. The molecule has 21 heavy (non-hydrogen) atoms. The number of aromatic nitrogens is 1. The van der Waals surface area contributed by atoms with Gasteiger partial charge >= 0.3 is 0 Å². The topological polar surface area (TPSA) is 15.8 Å². The number of rotatable bonds is 2. The van der Waals surface area contributed by atoms with Gasteiger partial charge in [0.15, 0.2) is 0 Å². The standard InChI is InChI=1S/C16H20.C4H5N/c1-11(2)14-10-9-13-7-5-6-8-15(13)16(14)12(3)4;1-2-4-5-3-1/h5-12H,1-4H3;1-5H. The Hall–Kier alpha value is -2.02. The summed E-state index contributed by atoms with van der Waals surface area (Å²) >= 11 is 0. The molecule has 0 aliphatic rings. The highest BCUT2D eigenvalue weighted by Gasteiger charge is 2.12. The molecule has 1 heterocycles. The third-order valence-electron chi connectivity index (χ3n) is 3.70. The Morgan fingerprint density at radius 1 is 0.714 bits per heavy atom. The van der Waals surface area contributed by atoms with Gasteiger partial charge in [-0.25, -0.2) is 0 Å². The predicted molar refractivity (Wildman–Crippen MR) is 92.9 cm³/mol. The van der Waals surface area contributed by atoms with E-state index in [1.807, 2.05) is 24.5 Å². The van der Waals surface area contributed by atoms with Gasteiger partial charge in [-0.2, -0.15) is 0 Å². The molecular formula is C20H25N. The largest absolute Gasteiger partial charge is 0.368 e. The lowest BCUT2D eigenvalue weighted by molar-refractivity contribution is 0.798. The first-order chi connectivity index (χ1) is 10.1. The molecule has 0 aliphatic heterocycles. The molecule has 3 rings (SSSR count). The molecule has 0 amide bonds. The third-order valence-corrected chi connectivity index (χ3v) is 3.70. The van der Waals surface area contributed by atoms with Gasteiger partial charge < -0.3 is 4.98 Å². The van der Waals surface area contributed by atoms with Crippen LogP contribution in [0.4, 0.5) is 0 Å². The van der Waals surface area contributed by atoms with Crippen molar-refractivity contribution in [3.05, 3.63) is 72.1 Å². The highest BCUT2D eigenvalue weighted by molar-refractivity contribution is 5.87. The molecule has 0 radical (unpaired) electrons. The highest BCUT2D eigenvalue weighted by atomic mass is 14.6. The molecule has 3 aromatic rings. The minimum Gasteiger partial charge on any atom is -0.368 e. The molecule has 0 bridgehead atoms. The molecule has 110 valence electrons. The van der Waals surface area contributed by atoms with E-state index in [1.165, 1.54) is 21.9 Å². The van der Waals surface area contributed by atoms with Crippen molar-refractivity contribution in [2.75, 3.05) is 0 Å². The van der Waals surface area contributed by atoms with Crippen molar-refractivity contribution in [3.63, 3.8) is 0 Å². The molecule has 0 saturated carbocycles. The number of aromatic amines is 1. The summed E-state index contributed by atoms with van der Waals surface area (Å²) < 4.78 is 0. The Morgan fingerprint density at radius 2 is 1.38 bits per heavy atom. The van der Waals surface area contributed by atoms with Crippen molar-refractivity contribution < 1.29 is 0 Å². The number of fused-ring (bicyclic) bond motifs is 1.